The molecule has 62 valence electrons. The first-order valence-corrected chi connectivity index (χ1v) is 3.87. The van der Waals surface area contributed by atoms with Crippen LogP contribution in [0.2, 0.25) is 0 Å². The van der Waals surface area contributed by atoms with E-state index in [9.17, 15) is 0 Å². The highest BCUT2D eigenvalue weighted by Gasteiger charge is 2.03. The van der Waals surface area contributed by atoms with Crippen LogP contribution in [0.15, 0.2) is 18.5 Å². The molecule has 0 aliphatic heterocycles. The first-order valence-electron chi connectivity index (χ1n) is 3.87. The molecule has 11 heavy (non-hydrogen) atoms. The van der Waals surface area contributed by atoms with E-state index in [4.69, 9.17) is 5.73 Å². The summed E-state index contributed by atoms with van der Waals surface area (Å²) >= 11 is 0. The quantitative estimate of drug-likeness (QED) is 0.594. The number of aromatic amines is 1. The highest BCUT2D eigenvalue weighted by molar-refractivity contribution is 5.12. The van der Waals surface area contributed by atoms with Gasteiger partial charge in [-0.2, -0.15) is 0 Å². The number of hydrogen-bond acceptors (Lipinski definition) is 2. The summed E-state index contributed by atoms with van der Waals surface area (Å²) in [4.78, 5) is 2.99. The second-order valence-electron chi connectivity index (χ2n) is 2.64. The lowest BCUT2D eigenvalue weighted by Gasteiger charge is -2.07. The van der Waals surface area contributed by atoms with Crippen LogP contribution in [0.1, 0.15) is 18.0 Å². The van der Waals surface area contributed by atoms with E-state index >= 15 is 0 Å². The van der Waals surface area contributed by atoms with Gasteiger partial charge in [0.15, 0.2) is 0 Å². The second kappa shape index (κ2) is 4.16. The Bertz CT molecular complexity index is 181. The van der Waals surface area contributed by atoms with Crippen molar-refractivity contribution in [3.63, 3.8) is 0 Å². The third-order valence-electron chi connectivity index (χ3n) is 1.76. The molecular formula is C8H15N3. The molecule has 0 fully saturated rings. The van der Waals surface area contributed by atoms with Crippen molar-refractivity contribution in [3.05, 3.63) is 24.0 Å². The largest absolute Gasteiger partial charge is 0.367 e. The fourth-order valence-electron chi connectivity index (χ4n) is 1.03. The standard InChI is InChI=1S/C8H15N3/c1-10-4-3-8(9)7-2-5-11-6-7/h2,5-6,8,10-11H,3-4,9H2,1H3. The van der Waals surface area contributed by atoms with Crippen molar-refractivity contribution in [3.8, 4) is 0 Å². The van der Waals surface area contributed by atoms with Gasteiger partial charge in [-0.15, -0.1) is 0 Å². The van der Waals surface area contributed by atoms with Crippen LogP contribution in [-0.4, -0.2) is 18.6 Å². The van der Waals surface area contributed by atoms with Gasteiger partial charge < -0.3 is 16.0 Å². The summed E-state index contributed by atoms with van der Waals surface area (Å²) < 4.78 is 0. The van der Waals surface area contributed by atoms with Crippen molar-refractivity contribution in [2.75, 3.05) is 13.6 Å². The van der Waals surface area contributed by atoms with Crippen LogP contribution < -0.4 is 11.1 Å². The SMILES string of the molecule is CNCCC(N)c1cc[nH]c1. The zero-order valence-corrected chi connectivity index (χ0v) is 6.80. The molecule has 1 unspecified atom stereocenters. The third kappa shape index (κ3) is 2.37. The molecule has 0 saturated heterocycles. The summed E-state index contributed by atoms with van der Waals surface area (Å²) in [6, 6.07) is 2.18. The molecule has 1 aromatic heterocycles. The molecule has 0 aromatic carbocycles. The van der Waals surface area contributed by atoms with Gasteiger partial charge in [-0.25, -0.2) is 0 Å². The monoisotopic (exact) mass is 153 g/mol. The maximum atomic E-state index is 5.87. The Morgan fingerprint density at radius 2 is 2.55 bits per heavy atom. The second-order valence-corrected chi connectivity index (χ2v) is 2.64. The first-order chi connectivity index (χ1) is 5.34. The van der Waals surface area contributed by atoms with Crippen molar-refractivity contribution >= 4 is 0 Å². The van der Waals surface area contributed by atoms with Gasteiger partial charge in [0.25, 0.3) is 0 Å². The van der Waals surface area contributed by atoms with Crippen LogP contribution in [-0.2, 0) is 0 Å². The lowest BCUT2D eigenvalue weighted by molar-refractivity contribution is 0.616. The van der Waals surface area contributed by atoms with Crippen LogP contribution in [0.4, 0.5) is 0 Å². The molecular weight excluding hydrogens is 138 g/mol. The van der Waals surface area contributed by atoms with Gasteiger partial charge in [-0.1, -0.05) is 0 Å². The van der Waals surface area contributed by atoms with Crippen LogP contribution in [0.3, 0.4) is 0 Å². The summed E-state index contributed by atoms with van der Waals surface area (Å²) in [5.41, 5.74) is 7.05. The highest BCUT2D eigenvalue weighted by atomic mass is 14.8. The van der Waals surface area contributed by atoms with Gasteiger partial charge in [0.05, 0.1) is 0 Å². The first kappa shape index (κ1) is 8.30. The van der Waals surface area contributed by atoms with Crippen LogP contribution in [0, 0.1) is 0 Å². The number of nitrogens with two attached hydrogens (primary N) is 1. The highest BCUT2D eigenvalue weighted by Crippen LogP contribution is 2.11. The van der Waals surface area contributed by atoms with E-state index in [0.717, 1.165) is 13.0 Å². The minimum atomic E-state index is 0.161. The zero-order valence-electron chi connectivity index (χ0n) is 6.80. The van der Waals surface area contributed by atoms with E-state index in [1.807, 2.05) is 25.5 Å². The average Bonchev–Trinajstić information content (AvgIpc) is 2.52. The molecule has 1 aromatic rings. The normalized spacial score (nSPS) is 13.3. The molecule has 0 spiro atoms. The van der Waals surface area contributed by atoms with Crippen molar-refractivity contribution in [1.29, 1.82) is 0 Å². The molecule has 0 saturated carbocycles. The van der Waals surface area contributed by atoms with E-state index < -0.39 is 0 Å². The Hall–Kier alpha value is -0.800. The number of H-pyrrole nitrogens is 1. The molecule has 3 heteroatoms. The average molecular weight is 153 g/mol. The molecule has 1 atom stereocenters. The van der Waals surface area contributed by atoms with Crippen LogP contribution in [0.25, 0.3) is 0 Å². The lowest BCUT2D eigenvalue weighted by Crippen LogP contribution is -2.17. The van der Waals surface area contributed by atoms with E-state index in [1.54, 1.807) is 0 Å². The summed E-state index contributed by atoms with van der Waals surface area (Å²) in [6.45, 7) is 0.965. The fourth-order valence-corrected chi connectivity index (χ4v) is 1.03. The molecule has 3 nitrogen and oxygen atoms in total. The van der Waals surface area contributed by atoms with Gasteiger partial charge in [-0.3, -0.25) is 0 Å². The summed E-state index contributed by atoms with van der Waals surface area (Å²) in [6.07, 6.45) is 4.82. The maximum Gasteiger partial charge on any atom is 0.0322 e. The Balaban J connectivity index is 2.36. The molecule has 0 aliphatic rings. The maximum absolute atomic E-state index is 5.87. The van der Waals surface area contributed by atoms with Crippen molar-refractivity contribution in [2.45, 2.75) is 12.5 Å². The van der Waals surface area contributed by atoms with E-state index in [-0.39, 0.29) is 6.04 Å². The van der Waals surface area contributed by atoms with Crippen molar-refractivity contribution in [1.82, 2.24) is 10.3 Å². The Morgan fingerprint density at radius 1 is 1.73 bits per heavy atom. The molecule has 4 N–H and O–H groups in total. The molecule has 1 heterocycles. The predicted octanol–water partition coefficient (Wildman–Crippen LogP) is 0.624. The Labute approximate surface area is 67.0 Å². The molecule has 0 radical (unpaired) electrons. The molecule has 0 aliphatic carbocycles. The number of rotatable bonds is 4. The number of hydrogen-bond donors (Lipinski definition) is 3. The van der Waals surface area contributed by atoms with E-state index in [1.165, 1.54) is 5.56 Å². The number of nitrogens with one attached hydrogen (secondary N) is 2. The summed E-state index contributed by atoms with van der Waals surface area (Å²) in [5, 5.41) is 3.07. The minimum absolute atomic E-state index is 0.161. The Morgan fingerprint density at radius 3 is 3.09 bits per heavy atom. The van der Waals surface area contributed by atoms with Gasteiger partial charge in [0, 0.05) is 18.4 Å². The smallest absolute Gasteiger partial charge is 0.0322 e. The molecule has 1 rings (SSSR count). The van der Waals surface area contributed by atoms with Gasteiger partial charge >= 0.3 is 0 Å². The van der Waals surface area contributed by atoms with Gasteiger partial charge in [-0.05, 0) is 31.6 Å². The minimum Gasteiger partial charge on any atom is -0.367 e. The van der Waals surface area contributed by atoms with Crippen molar-refractivity contribution in [2.24, 2.45) is 5.73 Å². The zero-order chi connectivity index (χ0) is 8.10. The van der Waals surface area contributed by atoms with E-state index in [2.05, 4.69) is 10.3 Å². The van der Waals surface area contributed by atoms with Crippen molar-refractivity contribution < 1.29 is 0 Å². The van der Waals surface area contributed by atoms with E-state index in [0.29, 0.717) is 0 Å². The predicted molar refractivity (Wildman–Crippen MR) is 46.3 cm³/mol. The third-order valence-corrected chi connectivity index (χ3v) is 1.76. The van der Waals surface area contributed by atoms with Gasteiger partial charge in [0.1, 0.15) is 0 Å². The summed E-state index contributed by atoms with van der Waals surface area (Å²) in [7, 11) is 1.93. The molecule has 0 amide bonds. The Kier molecular flexibility index (Phi) is 3.14. The lowest BCUT2D eigenvalue weighted by atomic mass is 10.1. The number of aromatic nitrogens is 1. The fraction of sp³-hybridized carbons (Fsp3) is 0.500. The summed E-state index contributed by atoms with van der Waals surface area (Å²) in [5.74, 6) is 0. The topological polar surface area (TPSA) is 53.8 Å². The molecule has 0 bridgehead atoms. The van der Waals surface area contributed by atoms with Crippen LogP contribution >= 0.6 is 0 Å². The van der Waals surface area contributed by atoms with Gasteiger partial charge in [0.2, 0.25) is 0 Å². The van der Waals surface area contributed by atoms with Crippen LogP contribution in [0.5, 0.6) is 0 Å².